The molecule has 2 rings (SSSR count). The number of hydrogen-bond acceptors (Lipinski definition) is 2. The fraction of sp³-hybridized carbons (Fsp3) is 0.133. The number of ketones is 1. The predicted molar refractivity (Wildman–Crippen MR) is 77.4 cm³/mol. The van der Waals surface area contributed by atoms with Crippen LogP contribution in [0.5, 0.6) is 5.75 Å². The minimum atomic E-state index is -0.546. The average Bonchev–Trinajstić information content (AvgIpc) is 2.43. The number of carbonyl (C=O) groups is 1. The Labute approximate surface area is 126 Å². The topological polar surface area (TPSA) is 26.3 Å². The first-order valence-corrected chi connectivity index (χ1v) is 6.57. The van der Waals surface area contributed by atoms with Crippen molar-refractivity contribution >= 4 is 29.0 Å². The summed E-state index contributed by atoms with van der Waals surface area (Å²) in [6.45, 7) is 0. The quantitative estimate of drug-likeness (QED) is 0.773. The normalized spacial score (nSPS) is 10.4. The molecule has 0 aliphatic carbocycles. The van der Waals surface area contributed by atoms with Crippen LogP contribution in [0.4, 0.5) is 4.39 Å². The van der Waals surface area contributed by atoms with Crippen LogP contribution in [0.3, 0.4) is 0 Å². The van der Waals surface area contributed by atoms with Crippen LogP contribution in [-0.4, -0.2) is 12.9 Å². The Kier molecular flexibility index (Phi) is 4.63. The third-order valence-electron chi connectivity index (χ3n) is 2.81. The summed E-state index contributed by atoms with van der Waals surface area (Å²) in [5.41, 5.74) is 0.911. The molecule has 2 aromatic rings. The second-order valence-corrected chi connectivity index (χ2v) is 5.04. The number of methoxy groups -OCH3 is 1. The van der Waals surface area contributed by atoms with Crippen molar-refractivity contribution < 1.29 is 13.9 Å². The maximum atomic E-state index is 13.4. The molecule has 104 valence electrons. The first-order valence-electron chi connectivity index (χ1n) is 5.82. The molecule has 20 heavy (non-hydrogen) atoms. The molecule has 0 N–H and O–H groups in total. The van der Waals surface area contributed by atoms with Gasteiger partial charge in [0.15, 0.2) is 5.78 Å². The summed E-state index contributed by atoms with van der Waals surface area (Å²) in [6.07, 6.45) is 0.0464. The Hall–Kier alpha value is -1.58. The molecule has 5 heteroatoms. The molecule has 0 saturated carbocycles. The van der Waals surface area contributed by atoms with E-state index in [4.69, 9.17) is 27.9 Å². The maximum Gasteiger partial charge on any atom is 0.171 e. The molecule has 2 aromatic carbocycles. The van der Waals surface area contributed by atoms with E-state index in [2.05, 4.69) is 0 Å². The Balaban J connectivity index is 2.27. The van der Waals surface area contributed by atoms with E-state index in [0.717, 1.165) is 0 Å². The molecule has 0 saturated heterocycles. The van der Waals surface area contributed by atoms with E-state index in [9.17, 15) is 9.18 Å². The van der Waals surface area contributed by atoms with Crippen molar-refractivity contribution in [1.29, 1.82) is 0 Å². The number of Topliss-reactive ketones (excluding diaryl/α,β-unsaturated/α-hetero) is 1. The van der Waals surface area contributed by atoms with E-state index >= 15 is 0 Å². The molecule has 0 unspecified atom stereocenters. The Morgan fingerprint density at radius 1 is 1.20 bits per heavy atom. The lowest BCUT2D eigenvalue weighted by atomic mass is 10.0. The lowest BCUT2D eigenvalue weighted by Gasteiger charge is -2.08. The van der Waals surface area contributed by atoms with Crippen LogP contribution < -0.4 is 4.74 Å². The summed E-state index contributed by atoms with van der Waals surface area (Å²) in [7, 11) is 1.47. The molecule has 0 radical (unpaired) electrons. The monoisotopic (exact) mass is 312 g/mol. The fourth-order valence-electron chi connectivity index (χ4n) is 1.83. The summed E-state index contributed by atoms with van der Waals surface area (Å²) in [6, 6.07) is 9.08. The van der Waals surface area contributed by atoms with Crippen molar-refractivity contribution in [3.63, 3.8) is 0 Å². The third-order valence-corrected chi connectivity index (χ3v) is 3.35. The van der Waals surface area contributed by atoms with Gasteiger partial charge in [0.1, 0.15) is 11.6 Å². The van der Waals surface area contributed by atoms with Gasteiger partial charge in [-0.2, -0.15) is 0 Å². The highest BCUT2D eigenvalue weighted by Crippen LogP contribution is 2.25. The number of halogens is 3. The minimum absolute atomic E-state index is 0.0292. The Morgan fingerprint density at radius 2 is 1.95 bits per heavy atom. The highest BCUT2D eigenvalue weighted by molar-refractivity contribution is 6.31. The van der Waals surface area contributed by atoms with Crippen LogP contribution in [0.25, 0.3) is 0 Å². The van der Waals surface area contributed by atoms with E-state index in [1.54, 1.807) is 18.2 Å². The summed E-state index contributed by atoms with van der Waals surface area (Å²) in [5.74, 6) is -0.310. The highest BCUT2D eigenvalue weighted by Gasteiger charge is 2.14. The molecule has 0 fully saturated rings. The molecule has 0 heterocycles. The predicted octanol–water partition coefficient (Wildman–Crippen LogP) is 4.57. The standard InChI is InChI=1S/C15H11Cl2FO2/c1-20-15-5-3-10(16)8-11(15)14(19)7-9-2-4-12(17)13(18)6-9/h2-6,8H,7H2,1H3. The van der Waals surface area contributed by atoms with Gasteiger partial charge in [-0.3, -0.25) is 4.79 Å². The van der Waals surface area contributed by atoms with E-state index < -0.39 is 5.82 Å². The third kappa shape index (κ3) is 3.30. The van der Waals surface area contributed by atoms with Crippen LogP contribution in [-0.2, 0) is 6.42 Å². The van der Waals surface area contributed by atoms with Gasteiger partial charge in [-0.05, 0) is 35.9 Å². The molecule has 0 aliphatic heterocycles. The number of carbonyl (C=O) groups excluding carboxylic acids is 1. The van der Waals surface area contributed by atoms with E-state index in [-0.39, 0.29) is 17.2 Å². The maximum absolute atomic E-state index is 13.4. The smallest absolute Gasteiger partial charge is 0.171 e. The Morgan fingerprint density at radius 3 is 2.60 bits per heavy atom. The van der Waals surface area contributed by atoms with Gasteiger partial charge in [-0.1, -0.05) is 29.3 Å². The molecule has 0 atom stereocenters. The summed E-state index contributed by atoms with van der Waals surface area (Å²) >= 11 is 11.5. The summed E-state index contributed by atoms with van der Waals surface area (Å²) < 4.78 is 18.5. The number of rotatable bonds is 4. The van der Waals surface area contributed by atoms with Gasteiger partial charge in [-0.25, -0.2) is 4.39 Å². The zero-order valence-electron chi connectivity index (χ0n) is 10.6. The van der Waals surface area contributed by atoms with Gasteiger partial charge in [0.25, 0.3) is 0 Å². The zero-order chi connectivity index (χ0) is 14.7. The molecule has 0 spiro atoms. The van der Waals surface area contributed by atoms with Crippen molar-refractivity contribution in [1.82, 2.24) is 0 Å². The van der Waals surface area contributed by atoms with E-state index in [0.29, 0.717) is 21.9 Å². The highest BCUT2D eigenvalue weighted by atomic mass is 35.5. The van der Waals surface area contributed by atoms with Gasteiger partial charge in [0.2, 0.25) is 0 Å². The van der Waals surface area contributed by atoms with Crippen LogP contribution in [0, 0.1) is 5.82 Å². The molecule has 0 aliphatic rings. The second-order valence-electron chi connectivity index (χ2n) is 4.19. The van der Waals surface area contributed by atoms with Crippen molar-refractivity contribution in [3.05, 3.63) is 63.4 Å². The first-order chi connectivity index (χ1) is 9.51. The summed E-state index contributed by atoms with van der Waals surface area (Å²) in [4.78, 5) is 12.2. The minimum Gasteiger partial charge on any atom is -0.496 e. The van der Waals surface area contributed by atoms with Crippen LogP contribution in [0.2, 0.25) is 10.0 Å². The van der Waals surface area contributed by atoms with Crippen LogP contribution in [0.15, 0.2) is 36.4 Å². The molecule has 0 aromatic heterocycles. The molecule has 0 bridgehead atoms. The molecular weight excluding hydrogens is 302 g/mol. The van der Waals surface area contributed by atoms with Crippen molar-refractivity contribution in [3.8, 4) is 5.75 Å². The van der Waals surface area contributed by atoms with Crippen molar-refractivity contribution in [2.45, 2.75) is 6.42 Å². The lowest BCUT2D eigenvalue weighted by Crippen LogP contribution is -2.06. The molecular formula is C15H11Cl2FO2. The van der Waals surface area contributed by atoms with E-state index in [1.165, 1.54) is 25.3 Å². The zero-order valence-corrected chi connectivity index (χ0v) is 12.1. The second kappa shape index (κ2) is 6.25. The van der Waals surface area contributed by atoms with Crippen molar-refractivity contribution in [2.75, 3.05) is 7.11 Å². The summed E-state index contributed by atoms with van der Waals surface area (Å²) in [5, 5.41) is 0.470. The van der Waals surface area contributed by atoms with Crippen molar-refractivity contribution in [2.24, 2.45) is 0 Å². The lowest BCUT2D eigenvalue weighted by molar-refractivity contribution is 0.0990. The molecule has 0 amide bonds. The number of hydrogen-bond donors (Lipinski definition) is 0. The largest absolute Gasteiger partial charge is 0.496 e. The van der Waals surface area contributed by atoms with Gasteiger partial charge in [0, 0.05) is 11.4 Å². The van der Waals surface area contributed by atoms with Crippen LogP contribution in [0.1, 0.15) is 15.9 Å². The van der Waals surface area contributed by atoms with E-state index in [1.807, 2.05) is 0 Å². The van der Waals surface area contributed by atoms with Gasteiger partial charge < -0.3 is 4.74 Å². The number of benzene rings is 2. The first kappa shape index (κ1) is 14.8. The van der Waals surface area contributed by atoms with Crippen LogP contribution >= 0.6 is 23.2 Å². The average molecular weight is 313 g/mol. The number of ether oxygens (including phenoxy) is 1. The molecule has 2 nitrogen and oxygen atoms in total. The fourth-order valence-corrected chi connectivity index (χ4v) is 2.12. The van der Waals surface area contributed by atoms with Gasteiger partial charge in [-0.15, -0.1) is 0 Å². The SMILES string of the molecule is COc1ccc(Cl)cc1C(=O)Cc1ccc(Cl)c(F)c1. The van der Waals surface area contributed by atoms with Gasteiger partial charge >= 0.3 is 0 Å². The Bertz CT molecular complexity index is 656. The van der Waals surface area contributed by atoms with Gasteiger partial charge in [0.05, 0.1) is 17.7 Å².